The molecule has 8 nitrogen and oxygen atoms in total. The number of nitrogens with one attached hydrogen (secondary N) is 1. The summed E-state index contributed by atoms with van der Waals surface area (Å²) in [7, 11) is 0. The summed E-state index contributed by atoms with van der Waals surface area (Å²) in [5.74, 6) is 1.34. The van der Waals surface area contributed by atoms with Crippen molar-refractivity contribution in [2.75, 3.05) is 23.6 Å². The molecular weight excluding hydrogens is 473 g/mol. The van der Waals surface area contributed by atoms with Crippen LogP contribution in [0.4, 0.5) is 24.9 Å². The fourth-order valence-corrected chi connectivity index (χ4v) is 3.80. The third-order valence-electron chi connectivity index (χ3n) is 5.37. The summed E-state index contributed by atoms with van der Waals surface area (Å²) >= 11 is 5.87. The molecule has 0 saturated carbocycles. The highest BCUT2D eigenvalue weighted by Gasteiger charge is 2.32. The average molecular weight is 495 g/mol. The molecule has 0 unspecified atom stereocenters. The Balaban J connectivity index is 1.49. The molecule has 2 aromatic heterocycles. The van der Waals surface area contributed by atoms with Crippen LogP contribution in [-0.4, -0.2) is 50.5 Å². The molecule has 0 amide bonds. The van der Waals surface area contributed by atoms with Crippen molar-refractivity contribution in [2.24, 2.45) is 0 Å². The van der Waals surface area contributed by atoms with E-state index in [1.54, 1.807) is 19.2 Å². The number of alkyl halides is 3. The molecule has 3 heterocycles. The minimum absolute atomic E-state index is 0.0257. The van der Waals surface area contributed by atoms with E-state index >= 15 is 0 Å². The highest BCUT2D eigenvalue weighted by atomic mass is 35.5. The van der Waals surface area contributed by atoms with E-state index < -0.39 is 23.9 Å². The standard InChI is InChI=1S/C22H22ClF3N6O2/c1-12(30-21-27-4-3-19(31-21)32-11-34-10-18(32)13(2)33)20-28-8-15(9-29-20)14-5-16(22(24,25)26)7-17(23)6-14/h3-9,12-13,18,33H,10-11H2,1-2H3,(H,27,30,31)/t12-,13+,18+/m0/s1. The van der Waals surface area contributed by atoms with Crippen molar-refractivity contribution in [2.45, 2.75) is 38.2 Å². The summed E-state index contributed by atoms with van der Waals surface area (Å²) < 4.78 is 44.7. The van der Waals surface area contributed by atoms with Gasteiger partial charge in [0.15, 0.2) is 0 Å². The van der Waals surface area contributed by atoms with E-state index in [9.17, 15) is 18.3 Å². The Hall–Kier alpha value is -3.02. The molecule has 0 radical (unpaired) electrons. The summed E-state index contributed by atoms with van der Waals surface area (Å²) in [4.78, 5) is 19.2. The van der Waals surface area contributed by atoms with Crippen LogP contribution in [0.15, 0.2) is 42.9 Å². The molecule has 1 fully saturated rings. The minimum atomic E-state index is -4.51. The van der Waals surface area contributed by atoms with E-state index in [-0.39, 0.29) is 16.6 Å². The predicted octanol–water partition coefficient (Wildman–Crippen LogP) is 4.32. The second-order valence-corrected chi connectivity index (χ2v) is 8.37. The summed E-state index contributed by atoms with van der Waals surface area (Å²) in [6, 6.07) is 4.44. The first-order chi connectivity index (χ1) is 16.1. The Bertz CT molecular complexity index is 1150. The van der Waals surface area contributed by atoms with E-state index in [0.717, 1.165) is 12.1 Å². The largest absolute Gasteiger partial charge is 0.416 e. The molecule has 0 spiro atoms. The third kappa shape index (κ3) is 5.37. The molecule has 1 aromatic carbocycles. The normalized spacial score (nSPS) is 18.1. The Labute approximate surface area is 198 Å². The Morgan fingerprint density at radius 3 is 2.56 bits per heavy atom. The molecule has 1 saturated heterocycles. The second kappa shape index (κ2) is 9.69. The van der Waals surface area contributed by atoms with E-state index in [1.807, 2.05) is 11.8 Å². The van der Waals surface area contributed by atoms with Crippen molar-refractivity contribution in [3.05, 3.63) is 59.3 Å². The lowest BCUT2D eigenvalue weighted by atomic mass is 10.1. The van der Waals surface area contributed by atoms with Gasteiger partial charge in [-0.2, -0.15) is 18.2 Å². The molecule has 2 N–H and O–H groups in total. The number of aliphatic hydroxyl groups excluding tert-OH is 1. The number of benzene rings is 1. The molecule has 34 heavy (non-hydrogen) atoms. The van der Waals surface area contributed by atoms with E-state index in [2.05, 4.69) is 25.3 Å². The van der Waals surface area contributed by atoms with E-state index in [1.165, 1.54) is 18.5 Å². The predicted molar refractivity (Wildman–Crippen MR) is 120 cm³/mol. The van der Waals surface area contributed by atoms with Crippen LogP contribution in [0.3, 0.4) is 0 Å². The van der Waals surface area contributed by atoms with E-state index in [0.29, 0.717) is 36.5 Å². The molecule has 1 aliphatic rings. The lowest BCUT2D eigenvalue weighted by Crippen LogP contribution is -2.39. The van der Waals surface area contributed by atoms with Gasteiger partial charge in [-0.25, -0.2) is 15.0 Å². The van der Waals surface area contributed by atoms with Crippen LogP contribution in [0.5, 0.6) is 0 Å². The minimum Gasteiger partial charge on any atom is -0.391 e. The van der Waals surface area contributed by atoms with Crippen LogP contribution in [0.25, 0.3) is 11.1 Å². The number of aliphatic hydroxyl groups is 1. The van der Waals surface area contributed by atoms with Gasteiger partial charge < -0.3 is 20.1 Å². The zero-order chi connectivity index (χ0) is 24.5. The van der Waals surface area contributed by atoms with Crippen molar-refractivity contribution in [1.82, 2.24) is 19.9 Å². The SMILES string of the molecule is C[C@H](Nc1nccc(N2COC[C@@H]2[C@@H](C)O)n1)c1ncc(-c2cc(Cl)cc(C(F)(F)F)c2)cn1. The zero-order valence-corrected chi connectivity index (χ0v) is 19.0. The first kappa shape index (κ1) is 24.1. The molecule has 3 atom stereocenters. The van der Waals surface area contributed by atoms with Crippen molar-refractivity contribution in [1.29, 1.82) is 0 Å². The van der Waals surface area contributed by atoms with E-state index in [4.69, 9.17) is 16.3 Å². The van der Waals surface area contributed by atoms with Crippen LogP contribution < -0.4 is 10.2 Å². The van der Waals surface area contributed by atoms with Gasteiger partial charge in [-0.1, -0.05) is 11.6 Å². The molecule has 1 aliphatic heterocycles. The number of nitrogens with zero attached hydrogens (tertiary/aromatic N) is 5. The summed E-state index contributed by atoms with van der Waals surface area (Å²) in [6.07, 6.45) is -0.622. The van der Waals surface area contributed by atoms with Crippen LogP contribution in [0.2, 0.25) is 5.02 Å². The van der Waals surface area contributed by atoms with Crippen LogP contribution in [0, 0.1) is 0 Å². The quantitative estimate of drug-likeness (QED) is 0.523. The number of rotatable bonds is 6. The van der Waals surface area contributed by atoms with Gasteiger partial charge in [0, 0.05) is 29.2 Å². The molecule has 3 aromatic rings. The number of halogens is 4. The van der Waals surface area contributed by atoms with Gasteiger partial charge in [0.1, 0.15) is 18.4 Å². The average Bonchev–Trinajstić information content (AvgIpc) is 3.29. The number of ether oxygens (including phenoxy) is 1. The first-order valence-electron chi connectivity index (χ1n) is 10.4. The van der Waals surface area contributed by atoms with Gasteiger partial charge in [-0.3, -0.25) is 0 Å². The van der Waals surface area contributed by atoms with Crippen molar-refractivity contribution >= 4 is 23.4 Å². The van der Waals surface area contributed by atoms with Crippen LogP contribution >= 0.6 is 11.6 Å². The topological polar surface area (TPSA) is 96.3 Å². The monoisotopic (exact) mass is 494 g/mol. The van der Waals surface area contributed by atoms with Gasteiger partial charge in [0.2, 0.25) is 5.95 Å². The van der Waals surface area contributed by atoms with Crippen molar-refractivity contribution in [3.8, 4) is 11.1 Å². The number of anilines is 2. The van der Waals surface area contributed by atoms with Gasteiger partial charge in [0.05, 0.1) is 30.4 Å². The lowest BCUT2D eigenvalue weighted by molar-refractivity contribution is -0.137. The molecular formula is C22H22ClF3N6O2. The number of aromatic nitrogens is 4. The molecule has 0 aliphatic carbocycles. The summed E-state index contributed by atoms with van der Waals surface area (Å²) in [5.41, 5.74) is -0.170. The number of hydrogen-bond donors (Lipinski definition) is 2. The Morgan fingerprint density at radius 2 is 1.88 bits per heavy atom. The maximum atomic E-state index is 13.1. The van der Waals surface area contributed by atoms with Crippen molar-refractivity contribution < 1.29 is 23.0 Å². The van der Waals surface area contributed by atoms with Crippen LogP contribution in [-0.2, 0) is 10.9 Å². The maximum Gasteiger partial charge on any atom is 0.416 e. The zero-order valence-electron chi connectivity index (χ0n) is 18.3. The molecule has 4 rings (SSSR count). The van der Waals surface area contributed by atoms with Gasteiger partial charge in [-0.05, 0) is 43.7 Å². The van der Waals surface area contributed by atoms with Crippen molar-refractivity contribution in [3.63, 3.8) is 0 Å². The van der Waals surface area contributed by atoms with Gasteiger partial charge >= 0.3 is 6.18 Å². The fraction of sp³-hybridized carbons (Fsp3) is 0.364. The summed E-state index contributed by atoms with van der Waals surface area (Å²) in [6.45, 7) is 4.22. The van der Waals surface area contributed by atoms with Gasteiger partial charge in [-0.15, -0.1) is 0 Å². The smallest absolute Gasteiger partial charge is 0.391 e. The highest BCUT2D eigenvalue weighted by molar-refractivity contribution is 6.31. The maximum absolute atomic E-state index is 13.1. The third-order valence-corrected chi connectivity index (χ3v) is 5.59. The second-order valence-electron chi connectivity index (χ2n) is 7.94. The Kier molecular flexibility index (Phi) is 6.87. The molecule has 180 valence electrons. The molecule has 0 bridgehead atoms. The number of hydrogen-bond acceptors (Lipinski definition) is 8. The van der Waals surface area contributed by atoms with Gasteiger partial charge in [0.25, 0.3) is 0 Å². The molecule has 12 heteroatoms. The van der Waals surface area contributed by atoms with Crippen LogP contribution in [0.1, 0.15) is 31.3 Å². The lowest BCUT2D eigenvalue weighted by Gasteiger charge is -2.25. The fourth-order valence-electron chi connectivity index (χ4n) is 3.56. The summed E-state index contributed by atoms with van der Waals surface area (Å²) in [5, 5.41) is 13.1. The first-order valence-corrected chi connectivity index (χ1v) is 10.8. The Morgan fingerprint density at radius 1 is 1.15 bits per heavy atom. The highest BCUT2D eigenvalue weighted by Crippen LogP contribution is 2.34.